The third kappa shape index (κ3) is 4.62. The Morgan fingerprint density at radius 2 is 1.87 bits per heavy atom. The number of carbonyl (C=O) groups is 1. The normalized spacial score (nSPS) is 16.5. The maximum atomic E-state index is 10.9. The molecule has 0 aliphatic carbocycles. The van der Waals surface area contributed by atoms with Gasteiger partial charge in [-0.25, -0.2) is 0 Å². The Balaban J connectivity index is 4.70. The fourth-order valence-electron chi connectivity index (χ4n) is 2.20. The van der Waals surface area contributed by atoms with Gasteiger partial charge in [0.1, 0.15) is 0 Å². The summed E-state index contributed by atoms with van der Waals surface area (Å²) in [6.45, 7) is 8.71. The second kappa shape index (κ2) is 5.47. The number of nitrogens with zero attached hydrogens (tertiary/aromatic N) is 1. The van der Waals surface area contributed by atoms with Gasteiger partial charge in [0.15, 0.2) is 0 Å². The molecule has 1 amide bonds. The highest BCUT2D eigenvalue weighted by molar-refractivity contribution is 5.75. The van der Waals surface area contributed by atoms with E-state index in [0.29, 0.717) is 0 Å². The number of rotatable bonds is 5. The van der Waals surface area contributed by atoms with Gasteiger partial charge < -0.3 is 11.5 Å². The smallest absolute Gasteiger partial charge is 0.231 e. The SMILES string of the molecule is CCC(N)C(N(C)CC(N)=O)C(C)(C)C. The first kappa shape index (κ1) is 14.4. The average molecular weight is 215 g/mol. The summed E-state index contributed by atoms with van der Waals surface area (Å²) in [4.78, 5) is 12.8. The van der Waals surface area contributed by atoms with Gasteiger partial charge in [-0.05, 0) is 18.9 Å². The molecule has 2 atom stereocenters. The first-order valence-electron chi connectivity index (χ1n) is 5.44. The molecule has 0 spiro atoms. The van der Waals surface area contributed by atoms with Gasteiger partial charge >= 0.3 is 0 Å². The van der Waals surface area contributed by atoms with E-state index in [1.807, 2.05) is 11.9 Å². The maximum Gasteiger partial charge on any atom is 0.231 e. The molecule has 90 valence electrons. The molecular weight excluding hydrogens is 190 g/mol. The number of hydrogen-bond donors (Lipinski definition) is 2. The molecule has 0 aromatic carbocycles. The molecule has 0 aromatic heterocycles. The van der Waals surface area contributed by atoms with Crippen molar-refractivity contribution in [2.75, 3.05) is 13.6 Å². The molecule has 0 aliphatic rings. The van der Waals surface area contributed by atoms with Crippen molar-refractivity contribution in [2.45, 2.75) is 46.2 Å². The van der Waals surface area contributed by atoms with Crippen LogP contribution in [0.4, 0.5) is 0 Å². The van der Waals surface area contributed by atoms with Crippen molar-refractivity contribution in [3.8, 4) is 0 Å². The van der Waals surface area contributed by atoms with E-state index in [1.54, 1.807) is 0 Å². The third-order valence-corrected chi connectivity index (χ3v) is 2.64. The van der Waals surface area contributed by atoms with Gasteiger partial charge in [0.25, 0.3) is 0 Å². The molecule has 0 bridgehead atoms. The highest BCUT2D eigenvalue weighted by Crippen LogP contribution is 2.26. The third-order valence-electron chi connectivity index (χ3n) is 2.64. The molecule has 0 fully saturated rings. The minimum absolute atomic E-state index is 0.0413. The number of hydrogen-bond acceptors (Lipinski definition) is 3. The van der Waals surface area contributed by atoms with Crippen LogP contribution in [-0.2, 0) is 4.79 Å². The summed E-state index contributed by atoms with van der Waals surface area (Å²) in [6.07, 6.45) is 0.894. The Kier molecular flexibility index (Phi) is 5.24. The zero-order chi connectivity index (χ0) is 12.2. The van der Waals surface area contributed by atoms with Crippen molar-refractivity contribution in [1.82, 2.24) is 4.90 Å². The van der Waals surface area contributed by atoms with Crippen LogP contribution < -0.4 is 11.5 Å². The molecule has 0 heterocycles. The number of primary amides is 1. The zero-order valence-corrected chi connectivity index (χ0v) is 10.6. The molecule has 4 N–H and O–H groups in total. The van der Waals surface area contributed by atoms with Crippen molar-refractivity contribution in [3.05, 3.63) is 0 Å². The summed E-state index contributed by atoms with van der Waals surface area (Å²) < 4.78 is 0. The fraction of sp³-hybridized carbons (Fsp3) is 0.909. The van der Waals surface area contributed by atoms with E-state index >= 15 is 0 Å². The van der Waals surface area contributed by atoms with Gasteiger partial charge in [-0.1, -0.05) is 27.7 Å². The van der Waals surface area contributed by atoms with Crippen molar-refractivity contribution in [1.29, 1.82) is 0 Å². The van der Waals surface area contributed by atoms with Gasteiger partial charge in [0.2, 0.25) is 5.91 Å². The number of amides is 1. The molecular formula is C11H25N3O. The molecule has 0 aliphatic heterocycles. The van der Waals surface area contributed by atoms with Gasteiger partial charge in [0, 0.05) is 12.1 Å². The van der Waals surface area contributed by atoms with Crippen molar-refractivity contribution in [2.24, 2.45) is 16.9 Å². The summed E-state index contributed by atoms with van der Waals surface area (Å²) >= 11 is 0. The molecule has 4 heteroatoms. The lowest BCUT2D eigenvalue weighted by Crippen LogP contribution is -2.54. The highest BCUT2D eigenvalue weighted by Gasteiger charge is 2.32. The first-order chi connectivity index (χ1) is 6.70. The van der Waals surface area contributed by atoms with Crippen molar-refractivity contribution in [3.63, 3.8) is 0 Å². The number of carbonyl (C=O) groups excluding carboxylic acids is 1. The monoisotopic (exact) mass is 215 g/mol. The van der Waals surface area contributed by atoms with Gasteiger partial charge in [-0.2, -0.15) is 0 Å². The number of likely N-dealkylation sites (N-methyl/N-ethyl adjacent to an activating group) is 1. The Hall–Kier alpha value is -0.610. The van der Waals surface area contributed by atoms with Gasteiger partial charge in [-0.3, -0.25) is 9.69 Å². The first-order valence-corrected chi connectivity index (χ1v) is 5.44. The lowest BCUT2D eigenvalue weighted by molar-refractivity contribution is -0.119. The van der Waals surface area contributed by atoms with Crippen LogP contribution in [0.1, 0.15) is 34.1 Å². The van der Waals surface area contributed by atoms with Gasteiger partial charge in [0.05, 0.1) is 6.54 Å². The van der Waals surface area contributed by atoms with E-state index in [2.05, 4.69) is 27.7 Å². The van der Waals surface area contributed by atoms with E-state index < -0.39 is 0 Å². The largest absolute Gasteiger partial charge is 0.369 e. The Labute approximate surface area is 93.0 Å². The Bertz CT molecular complexity index is 210. The quantitative estimate of drug-likeness (QED) is 0.703. The van der Waals surface area contributed by atoms with Crippen LogP contribution in [-0.4, -0.2) is 36.5 Å². The van der Waals surface area contributed by atoms with E-state index in [9.17, 15) is 4.79 Å². The van der Waals surface area contributed by atoms with E-state index in [-0.39, 0.29) is 30.0 Å². The molecule has 15 heavy (non-hydrogen) atoms. The number of nitrogens with two attached hydrogens (primary N) is 2. The fourth-order valence-corrected chi connectivity index (χ4v) is 2.20. The van der Waals surface area contributed by atoms with Crippen LogP contribution in [0.15, 0.2) is 0 Å². The zero-order valence-electron chi connectivity index (χ0n) is 10.6. The van der Waals surface area contributed by atoms with Crippen molar-refractivity contribution < 1.29 is 4.79 Å². The molecule has 0 aromatic rings. The minimum atomic E-state index is -0.310. The average Bonchev–Trinajstić information content (AvgIpc) is 1.99. The summed E-state index contributed by atoms with van der Waals surface area (Å²) in [7, 11) is 1.90. The predicted octanol–water partition coefficient (Wildman–Crippen LogP) is 0.556. The van der Waals surface area contributed by atoms with E-state index in [1.165, 1.54) is 0 Å². The van der Waals surface area contributed by atoms with Crippen LogP contribution >= 0.6 is 0 Å². The Morgan fingerprint density at radius 3 is 2.13 bits per heavy atom. The Morgan fingerprint density at radius 1 is 1.40 bits per heavy atom. The van der Waals surface area contributed by atoms with Crippen LogP contribution in [0.25, 0.3) is 0 Å². The summed E-state index contributed by atoms with van der Waals surface area (Å²) in [5.41, 5.74) is 11.3. The molecule has 4 nitrogen and oxygen atoms in total. The highest BCUT2D eigenvalue weighted by atomic mass is 16.1. The summed E-state index contributed by atoms with van der Waals surface area (Å²) in [6, 6.07) is 0.226. The summed E-state index contributed by atoms with van der Waals surface area (Å²) in [5, 5.41) is 0. The van der Waals surface area contributed by atoms with Crippen LogP contribution in [0.5, 0.6) is 0 Å². The van der Waals surface area contributed by atoms with E-state index in [4.69, 9.17) is 11.5 Å². The predicted molar refractivity (Wildman–Crippen MR) is 63.3 cm³/mol. The van der Waals surface area contributed by atoms with E-state index in [0.717, 1.165) is 6.42 Å². The molecule has 0 saturated carbocycles. The minimum Gasteiger partial charge on any atom is -0.369 e. The van der Waals surface area contributed by atoms with Crippen LogP contribution in [0.2, 0.25) is 0 Å². The topological polar surface area (TPSA) is 72.3 Å². The second-order valence-corrected chi connectivity index (χ2v) is 5.26. The molecule has 0 saturated heterocycles. The lowest BCUT2D eigenvalue weighted by Gasteiger charge is -2.41. The van der Waals surface area contributed by atoms with Gasteiger partial charge in [-0.15, -0.1) is 0 Å². The lowest BCUT2D eigenvalue weighted by atomic mass is 9.80. The standard InChI is InChI=1S/C11H25N3O/c1-6-8(12)10(11(2,3)4)14(5)7-9(13)15/h8,10H,6-7,12H2,1-5H3,(H2,13,15). The van der Waals surface area contributed by atoms with Crippen LogP contribution in [0.3, 0.4) is 0 Å². The molecule has 2 unspecified atom stereocenters. The second-order valence-electron chi connectivity index (χ2n) is 5.26. The molecule has 0 radical (unpaired) electrons. The summed E-state index contributed by atoms with van der Waals surface area (Å²) in [5.74, 6) is -0.310. The maximum absolute atomic E-state index is 10.9. The molecule has 0 rings (SSSR count). The van der Waals surface area contributed by atoms with Crippen molar-refractivity contribution >= 4 is 5.91 Å². The van der Waals surface area contributed by atoms with Crippen LogP contribution in [0, 0.1) is 5.41 Å².